The Morgan fingerprint density at radius 3 is 2.35 bits per heavy atom. The number of H-pyrrole nitrogens is 1. The van der Waals surface area contributed by atoms with Crippen molar-refractivity contribution in [3.63, 3.8) is 0 Å². The van der Waals surface area contributed by atoms with Gasteiger partial charge in [0.25, 0.3) is 0 Å². The Morgan fingerprint density at radius 1 is 1.12 bits per heavy atom. The second-order valence-electron chi connectivity index (χ2n) is 10.8. The van der Waals surface area contributed by atoms with Crippen molar-refractivity contribution in [2.24, 2.45) is 0 Å². The maximum Gasteiger partial charge on any atom is 0.475 e. The smallest absolute Gasteiger partial charge is 0.347 e. The highest BCUT2D eigenvalue weighted by Gasteiger charge is 2.56. The number of hydrogen-bond donors (Lipinski definition) is 1. The van der Waals surface area contributed by atoms with Crippen LogP contribution in [0.3, 0.4) is 0 Å². The third kappa shape index (κ3) is 5.60. The lowest BCUT2D eigenvalue weighted by Crippen LogP contribution is -2.33. The molecule has 2 aliphatic heterocycles. The van der Waals surface area contributed by atoms with Crippen LogP contribution >= 0.6 is 20.0 Å². The molecule has 2 fully saturated rings. The molecule has 0 radical (unpaired) electrons. The molecule has 34 heavy (non-hydrogen) atoms. The Morgan fingerprint density at radius 2 is 1.74 bits per heavy atom. The summed E-state index contributed by atoms with van der Waals surface area (Å²) in [6.07, 6.45) is 0.969. The van der Waals surface area contributed by atoms with E-state index in [-0.39, 0.29) is 6.61 Å². The zero-order chi connectivity index (χ0) is 25.1. The van der Waals surface area contributed by atoms with Crippen molar-refractivity contribution in [1.29, 1.82) is 0 Å². The number of nitrogens with one attached hydrogen (secondary N) is 1. The topological polar surface area (TPSA) is 119 Å². The van der Waals surface area contributed by atoms with Crippen molar-refractivity contribution in [3.05, 3.63) is 17.3 Å². The standard InChI is InChI=1S/C21H33N4O7PS/c1-19(2,3)31-33(26,32-20(4,5)6)27-9-12-14-15(30-21(7,8)29-14)18(28-12)25-11-24-13-16(25)22-10-23-17(13)34/h10-12,14-15,18H,9H2,1-8H3,(H,22,23,34)/t12-,14-,15-,18-/m1/s1. The average molecular weight is 517 g/mol. The molecule has 0 bridgehead atoms. The fraction of sp³-hybridized carbons (Fsp3) is 0.762. The van der Waals surface area contributed by atoms with Gasteiger partial charge >= 0.3 is 7.82 Å². The van der Waals surface area contributed by atoms with Crippen LogP contribution in [0.1, 0.15) is 61.6 Å². The van der Waals surface area contributed by atoms with Crippen LogP contribution in [0.25, 0.3) is 11.2 Å². The van der Waals surface area contributed by atoms with E-state index in [1.807, 2.05) is 13.8 Å². The van der Waals surface area contributed by atoms with Gasteiger partial charge in [0.1, 0.15) is 29.5 Å². The second kappa shape index (κ2) is 8.70. The van der Waals surface area contributed by atoms with Crippen molar-refractivity contribution >= 4 is 31.2 Å². The third-order valence-electron chi connectivity index (χ3n) is 4.95. The summed E-state index contributed by atoms with van der Waals surface area (Å²) in [6, 6.07) is 0. The molecular weight excluding hydrogens is 483 g/mol. The van der Waals surface area contributed by atoms with Crippen LogP contribution in [0.15, 0.2) is 12.7 Å². The van der Waals surface area contributed by atoms with Gasteiger partial charge in [-0.2, -0.15) is 0 Å². The predicted octanol–water partition coefficient (Wildman–Crippen LogP) is 4.66. The van der Waals surface area contributed by atoms with Gasteiger partial charge in [-0.3, -0.25) is 18.1 Å². The van der Waals surface area contributed by atoms with Gasteiger partial charge in [-0.25, -0.2) is 14.5 Å². The minimum Gasteiger partial charge on any atom is -0.347 e. The van der Waals surface area contributed by atoms with Crippen molar-refractivity contribution in [3.8, 4) is 0 Å². The van der Waals surface area contributed by atoms with E-state index in [1.165, 1.54) is 6.33 Å². The van der Waals surface area contributed by atoms with Gasteiger partial charge in [0.15, 0.2) is 16.7 Å². The van der Waals surface area contributed by atoms with Gasteiger partial charge < -0.3 is 19.2 Å². The van der Waals surface area contributed by atoms with Crippen molar-refractivity contribution in [1.82, 2.24) is 19.5 Å². The first-order valence-corrected chi connectivity index (χ1v) is 13.0. The average Bonchev–Trinajstić information content (AvgIpc) is 3.28. The normalized spacial score (nSPS) is 27.4. The third-order valence-corrected chi connectivity index (χ3v) is 7.25. The lowest BCUT2D eigenvalue weighted by Gasteiger charge is -2.32. The lowest BCUT2D eigenvalue weighted by molar-refractivity contribution is -0.199. The van der Waals surface area contributed by atoms with Crippen LogP contribution in [-0.2, 0) is 32.3 Å². The van der Waals surface area contributed by atoms with E-state index in [9.17, 15) is 4.57 Å². The highest BCUT2D eigenvalue weighted by atomic mass is 32.1. The molecule has 2 saturated heterocycles. The molecule has 0 unspecified atom stereocenters. The Bertz CT molecular complexity index is 1130. The SMILES string of the molecule is CC(C)(C)OP(=O)(OC[C@H]1O[C@@H](n2cnc3c(=S)nc[nH]c32)[C@@H]2OC(C)(C)O[C@@H]21)OC(C)(C)C. The summed E-state index contributed by atoms with van der Waals surface area (Å²) in [4.78, 5) is 11.5. The summed E-state index contributed by atoms with van der Waals surface area (Å²) in [5.74, 6) is -0.839. The summed E-state index contributed by atoms with van der Waals surface area (Å²) < 4.78 is 51.6. The monoisotopic (exact) mass is 516 g/mol. The quantitative estimate of drug-likeness (QED) is 0.429. The number of phosphoric acid groups is 1. The van der Waals surface area contributed by atoms with E-state index in [4.69, 9.17) is 40.0 Å². The molecule has 11 nitrogen and oxygen atoms in total. The minimum atomic E-state index is -3.93. The van der Waals surface area contributed by atoms with E-state index in [2.05, 4.69) is 15.0 Å². The van der Waals surface area contributed by atoms with E-state index in [1.54, 1.807) is 52.4 Å². The summed E-state index contributed by atoms with van der Waals surface area (Å²) >= 11 is 5.28. The molecule has 0 amide bonds. The molecule has 0 saturated carbocycles. The highest BCUT2D eigenvalue weighted by Crippen LogP contribution is 2.56. The summed E-state index contributed by atoms with van der Waals surface area (Å²) in [5, 5.41) is 0. The summed E-state index contributed by atoms with van der Waals surface area (Å²) in [5.41, 5.74) is -0.300. The van der Waals surface area contributed by atoms with Gasteiger partial charge in [-0.05, 0) is 55.4 Å². The first-order chi connectivity index (χ1) is 15.6. The first kappa shape index (κ1) is 25.8. The number of ether oxygens (including phenoxy) is 3. The Labute approximate surface area is 204 Å². The molecular formula is C21H33N4O7PS. The molecule has 190 valence electrons. The molecule has 4 rings (SSSR count). The van der Waals surface area contributed by atoms with Crippen LogP contribution in [0, 0.1) is 4.64 Å². The number of phosphoric ester groups is 1. The fourth-order valence-corrected chi connectivity index (χ4v) is 6.01. The van der Waals surface area contributed by atoms with Crippen molar-refractivity contribution in [2.75, 3.05) is 6.61 Å². The number of aromatic amines is 1. The van der Waals surface area contributed by atoms with Crippen LogP contribution in [0.2, 0.25) is 0 Å². The highest BCUT2D eigenvalue weighted by molar-refractivity contribution is 7.71. The van der Waals surface area contributed by atoms with Crippen LogP contribution in [-0.4, -0.2) is 61.4 Å². The van der Waals surface area contributed by atoms with E-state index < -0.39 is 49.4 Å². The molecule has 2 aliphatic rings. The van der Waals surface area contributed by atoms with E-state index in [0.717, 1.165) is 0 Å². The number of nitrogens with zero attached hydrogens (tertiary/aromatic N) is 3. The molecule has 4 heterocycles. The van der Waals surface area contributed by atoms with Gasteiger partial charge in [0, 0.05) is 0 Å². The zero-order valence-electron chi connectivity index (χ0n) is 20.7. The van der Waals surface area contributed by atoms with Gasteiger partial charge in [-0.1, -0.05) is 12.2 Å². The second-order valence-corrected chi connectivity index (χ2v) is 12.7. The number of rotatable bonds is 6. The molecule has 0 aromatic carbocycles. The molecule has 2 aromatic rings. The minimum absolute atomic E-state index is 0.0925. The van der Waals surface area contributed by atoms with E-state index in [0.29, 0.717) is 15.8 Å². The molecule has 13 heteroatoms. The largest absolute Gasteiger partial charge is 0.475 e. The molecule has 1 N–H and O–H groups in total. The molecule has 2 aromatic heterocycles. The Hall–Kier alpha value is -1.24. The fourth-order valence-electron chi connectivity index (χ4n) is 3.99. The van der Waals surface area contributed by atoms with Crippen molar-refractivity contribution < 1.29 is 32.3 Å². The number of fused-ring (bicyclic) bond motifs is 2. The predicted molar refractivity (Wildman–Crippen MR) is 126 cm³/mol. The van der Waals surface area contributed by atoms with Crippen LogP contribution in [0.4, 0.5) is 0 Å². The van der Waals surface area contributed by atoms with Gasteiger partial charge in [0.2, 0.25) is 0 Å². The van der Waals surface area contributed by atoms with Gasteiger partial charge in [0.05, 0.1) is 30.5 Å². The first-order valence-electron chi connectivity index (χ1n) is 11.1. The van der Waals surface area contributed by atoms with Crippen LogP contribution in [0.5, 0.6) is 0 Å². The Balaban J connectivity index is 1.60. The number of hydrogen-bond acceptors (Lipinski definition) is 10. The van der Waals surface area contributed by atoms with Gasteiger partial charge in [-0.15, -0.1) is 0 Å². The molecule has 4 atom stereocenters. The van der Waals surface area contributed by atoms with Crippen molar-refractivity contribution in [2.45, 2.75) is 96.9 Å². The van der Waals surface area contributed by atoms with Crippen LogP contribution < -0.4 is 0 Å². The van der Waals surface area contributed by atoms with E-state index >= 15 is 0 Å². The zero-order valence-corrected chi connectivity index (χ0v) is 22.4. The number of aromatic nitrogens is 4. The lowest BCUT2D eigenvalue weighted by atomic mass is 10.1. The molecule has 0 spiro atoms. The maximum absolute atomic E-state index is 13.5. The Kier molecular flexibility index (Phi) is 6.61. The summed E-state index contributed by atoms with van der Waals surface area (Å²) in [6.45, 7) is 14.3. The maximum atomic E-state index is 13.5. The summed E-state index contributed by atoms with van der Waals surface area (Å²) in [7, 11) is -3.93. The molecule has 0 aliphatic carbocycles. The number of imidazole rings is 1.